The fourth-order valence-electron chi connectivity index (χ4n) is 3.68. The van der Waals surface area contributed by atoms with Gasteiger partial charge in [0.15, 0.2) is 0 Å². The van der Waals surface area contributed by atoms with E-state index in [0.29, 0.717) is 13.0 Å². The first kappa shape index (κ1) is 19.3. The Labute approximate surface area is 155 Å². The highest BCUT2D eigenvalue weighted by Gasteiger charge is 2.39. The van der Waals surface area contributed by atoms with Crippen LogP contribution in [-0.4, -0.2) is 38.8 Å². The molecule has 5 nitrogen and oxygen atoms in total. The lowest BCUT2D eigenvalue weighted by molar-refractivity contribution is -0.274. The van der Waals surface area contributed by atoms with Crippen LogP contribution in [0, 0.1) is 6.92 Å². The second-order valence-corrected chi connectivity index (χ2v) is 7.12. The van der Waals surface area contributed by atoms with Crippen molar-refractivity contribution in [2.24, 2.45) is 0 Å². The Hall–Kier alpha value is -2.51. The van der Waals surface area contributed by atoms with Crippen LogP contribution in [0.3, 0.4) is 0 Å². The Bertz CT molecular complexity index is 801. The standard InChI is InChI=1S/C19H22F3N3O2/c1-14-23-9-11-24(14)13-17(26)25-10-3-8-18(25,2)12-15-4-6-16(7-5-15)27-19(20,21)22/h4-7,9,11H,3,8,10,12-13H2,1-2H3. The minimum absolute atomic E-state index is 0.0214. The van der Waals surface area contributed by atoms with E-state index in [1.165, 1.54) is 12.1 Å². The summed E-state index contributed by atoms with van der Waals surface area (Å²) in [6.07, 6.45) is 1.07. The lowest BCUT2D eigenvalue weighted by atomic mass is 9.90. The first-order valence-corrected chi connectivity index (χ1v) is 8.79. The third-order valence-corrected chi connectivity index (χ3v) is 5.02. The summed E-state index contributed by atoms with van der Waals surface area (Å²) in [5, 5.41) is 0. The summed E-state index contributed by atoms with van der Waals surface area (Å²) >= 11 is 0. The second kappa shape index (κ2) is 7.25. The molecular weight excluding hydrogens is 359 g/mol. The molecule has 0 saturated carbocycles. The molecule has 3 rings (SSSR count). The number of imidazole rings is 1. The SMILES string of the molecule is Cc1nccn1CC(=O)N1CCCC1(C)Cc1ccc(OC(F)(F)F)cc1. The van der Waals surface area contributed by atoms with Gasteiger partial charge in [0.1, 0.15) is 18.1 Å². The lowest BCUT2D eigenvalue weighted by Crippen LogP contribution is -2.47. The zero-order valence-corrected chi connectivity index (χ0v) is 15.3. The third-order valence-electron chi connectivity index (χ3n) is 5.02. The Kier molecular flexibility index (Phi) is 5.17. The van der Waals surface area contributed by atoms with Crippen LogP contribution < -0.4 is 4.74 Å². The highest BCUT2D eigenvalue weighted by atomic mass is 19.4. The van der Waals surface area contributed by atoms with Gasteiger partial charge in [0, 0.05) is 24.5 Å². The third kappa shape index (κ3) is 4.61. The molecular formula is C19H22F3N3O2. The van der Waals surface area contributed by atoms with Crippen molar-refractivity contribution in [3.63, 3.8) is 0 Å². The van der Waals surface area contributed by atoms with Crippen molar-refractivity contribution in [1.82, 2.24) is 14.5 Å². The molecule has 1 aliphatic heterocycles. The monoisotopic (exact) mass is 381 g/mol. The van der Waals surface area contributed by atoms with Crippen LogP contribution in [0.4, 0.5) is 13.2 Å². The summed E-state index contributed by atoms with van der Waals surface area (Å²) in [7, 11) is 0. The molecule has 2 heterocycles. The Morgan fingerprint density at radius 2 is 2.00 bits per heavy atom. The summed E-state index contributed by atoms with van der Waals surface area (Å²) in [4.78, 5) is 18.8. The predicted octanol–water partition coefficient (Wildman–Crippen LogP) is 3.71. The van der Waals surface area contributed by atoms with Gasteiger partial charge in [-0.05, 0) is 50.8 Å². The van der Waals surface area contributed by atoms with Crippen LogP contribution >= 0.6 is 0 Å². The minimum Gasteiger partial charge on any atom is -0.406 e. The van der Waals surface area contributed by atoms with Crippen LogP contribution in [0.1, 0.15) is 31.2 Å². The number of alkyl halides is 3. The molecule has 1 unspecified atom stereocenters. The van der Waals surface area contributed by atoms with E-state index in [4.69, 9.17) is 0 Å². The summed E-state index contributed by atoms with van der Waals surface area (Å²) in [6, 6.07) is 5.85. The highest BCUT2D eigenvalue weighted by Crippen LogP contribution is 2.33. The van der Waals surface area contributed by atoms with Crippen LogP contribution in [-0.2, 0) is 17.8 Å². The maximum Gasteiger partial charge on any atom is 0.573 e. The van der Waals surface area contributed by atoms with E-state index in [2.05, 4.69) is 9.72 Å². The minimum atomic E-state index is -4.70. The molecule has 0 aliphatic carbocycles. The van der Waals surface area contributed by atoms with E-state index < -0.39 is 6.36 Å². The number of likely N-dealkylation sites (tertiary alicyclic amines) is 1. The average molecular weight is 381 g/mol. The number of hydrogen-bond acceptors (Lipinski definition) is 3. The molecule has 1 amide bonds. The molecule has 146 valence electrons. The predicted molar refractivity (Wildman–Crippen MR) is 93.1 cm³/mol. The number of aryl methyl sites for hydroxylation is 1. The largest absolute Gasteiger partial charge is 0.573 e. The van der Waals surface area contributed by atoms with Crippen molar-refractivity contribution in [1.29, 1.82) is 0 Å². The van der Waals surface area contributed by atoms with E-state index >= 15 is 0 Å². The van der Waals surface area contributed by atoms with E-state index in [9.17, 15) is 18.0 Å². The van der Waals surface area contributed by atoms with Crippen molar-refractivity contribution in [3.05, 3.63) is 48.0 Å². The zero-order chi connectivity index (χ0) is 19.7. The molecule has 8 heteroatoms. The first-order chi connectivity index (χ1) is 12.7. The average Bonchev–Trinajstić information content (AvgIpc) is 3.14. The maximum absolute atomic E-state index is 12.8. The number of carbonyl (C=O) groups is 1. The van der Waals surface area contributed by atoms with E-state index in [-0.39, 0.29) is 23.7 Å². The number of hydrogen-bond donors (Lipinski definition) is 0. The molecule has 1 atom stereocenters. The number of aromatic nitrogens is 2. The van der Waals surface area contributed by atoms with E-state index in [1.54, 1.807) is 24.5 Å². The van der Waals surface area contributed by atoms with Gasteiger partial charge in [-0.3, -0.25) is 4.79 Å². The van der Waals surface area contributed by atoms with Gasteiger partial charge in [-0.1, -0.05) is 12.1 Å². The Morgan fingerprint density at radius 1 is 1.30 bits per heavy atom. The fourth-order valence-corrected chi connectivity index (χ4v) is 3.68. The number of halogens is 3. The molecule has 1 fully saturated rings. The Balaban J connectivity index is 1.69. The number of ether oxygens (including phenoxy) is 1. The fraction of sp³-hybridized carbons (Fsp3) is 0.474. The number of nitrogens with zero attached hydrogens (tertiary/aromatic N) is 3. The van der Waals surface area contributed by atoms with E-state index in [1.807, 2.05) is 23.3 Å². The first-order valence-electron chi connectivity index (χ1n) is 8.79. The lowest BCUT2D eigenvalue weighted by Gasteiger charge is -2.36. The summed E-state index contributed by atoms with van der Waals surface area (Å²) < 4.78 is 42.6. The van der Waals surface area contributed by atoms with Crippen molar-refractivity contribution in [3.8, 4) is 5.75 Å². The van der Waals surface area contributed by atoms with Crippen LogP contribution in [0.2, 0.25) is 0 Å². The van der Waals surface area contributed by atoms with Gasteiger partial charge in [-0.15, -0.1) is 13.2 Å². The smallest absolute Gasteiger partial charge is 0.406 e. The number of rotatable bonds is 5. The van der Waals surface area contributed by atoms with Crippen molar-refractivity contribution in [2.75, 3.05) is 6.54 Å². The van der Waals surface area contributed by atoms with Crippen molar-refractivity contribution in [2.45, 2.75) is 51.6 Å². The topological polar surface area (TPSA) is 47.4 Å². The summed E-state index contributed by atoms with van der Waals surface area (Å²) in [5.41, 5.74) is 0.503. The molecule has 0 spiro atoms. The van der Waals surface area contributed by atoms with Gasteiger partial charge in [0.2, 0.25) is 5.91 Å². The highest BCUT2D eigenvalue weighted by molar-refractivity contribution is 5.77. The molecule has 0 N–H and O–H groups in total. The molecule has 1 aromatic carbocycles. The molecule has 1 aliphatic rings. The molecule has 0 radical (unpaired) electrons. The summed E-state index contributed by atoms with van der Waals surface area (Å²) in [6.45, 7) is 4.79. The van der Waals surface area contributed by atoms with Gasteiger partial charge >= 0.3 is 6.36 Å². The van der Waals surface area contributed by atoms with Gasteiger partial charge in [0.25, 0.3) is 0 Å². The molecule has 0 bridgehead atoms. The van der Waals surface area contributed by atoms with Gasteiger partial charge in [0.05, 0.1) is 0 Å². The van der Waals surface area contributed by atoms with Crippen LogP contribution in [0.5, 0.6) is 5.75 Å². The second-order valence-electron chi connectivity index (χ2n) is 7.12. The van der Waals surface area contributed by atoms with Crippen LogP contribution in [0.25, 0.3) is 0 Å². The van der Waals surface area contributed by atoms with Crippen molar-refractivity contribution < 1.29 is 22.7 Å². The van der Waals surface area contributed by atoms with Crippen molar-refractivity contribution >= 4 is 5.91 Å². The Morgan fingerprint density at radius 3 is 2.59 bits per heavy atom. The summed E-state index contributed by atoms with van der Waals surface area (Å²) in [5.74, 6) is 0.559. The van der Waals surface area contributed by atoms with Gasteiger partial charge in [-0.25, -0.2) is 4.98 Å². The molecule has 27 heavy (non-hydrogen) atoms. The maximum atomic E-state index is 12.8. The van der Waals surface area contributed by atoms with Gasteiger partial charge < -0.3 is 14.2 Å². The van der Waals surface area contributed by atoms with Crippen LogP contribution in [0.15, 0.2) is 36.7 Å². The zero-order valence-electron chi connectivity index (χ0n) is 15.3. The van der Waals surface area contributed by atoms with E-state index in [0.717, 1.165) is 24.2 Å². The number of benzene rings is 1. The number of amides is 1. The number of carbonyl (C=O) groups excluding carboxylic acids is 1. The quantitative estimate of drug-likeness (QED) is 0.793. The van der Waals surface area contributed by atoms with Gasteiger partial charge in [-0.2, -0.15) is 0 Å². The molecule has 1 aromatic heterocycles. The normalized spacial score (nSPS) is 20.1. The molecule has 1 saturated heterocycles. The molecule has 2 aromatic rings.